The Bertz CT molecular complexity index is 110. The summed E-state index contributed by atoms with van der Waals surface area (Å²) < 4.78 is 0. The van der Waals surface area contributed by atoms with E-state index < -0.39 is 0 Å². The zero-order chi connectivity index (χ0) is 8.81. The van der Waals surface area contributed by atoms with Crippen molar-refractivity contribution >= 4 is 0 Å². The molecule has 1 atom stereocenters. The third-order valence-corrected chi connectivity index (χ3v) is 2.76. The molecule has 1 aliphatic heterocycles. The highest BCUT2D eigenvalue weighted by atomic mass is 16.3. The molecule has 72 valence electrons. The van der Waals surface area contributed by atoms with Crippen LogP contribution in [0, 0.1) is 5.92 Å². The van der Waals surface area contributed by atoms with E-state index in [0.29, 0.717) is 12.6 Å². The summed E-state index contributed by atoms with van der Waals surface area (Å²) in [6, 6.07) is 0.511. The minimum atomic E-state index is 0.301. The van der Waals surface area contributed by atoms with Crippen LogP contribution in [0.15, 0.2) is 0 Å². The third-order valence-electron chi connectivity index (χ3n) is 2.76. The average Bonchev–Trinajstić information content (AvgIpc) is 2.15. The van der Waals surface area contributed by atoms with E-state index in [-0.39, 0.29) is 0 Å². The summed E-state index contributed by atoms with van der Waals surface area (Å²) in [7, 11) is 1.99. The molecule has 0 aliphatic carbocycles. The van der Waals surface area contributed by atoms with Crippen molar-refractivity contribution < 1.29 is 5.11 Å². The Morgan fingerprint density at radius 3 is 2.67 bits per heavy atom. The smallest absolute Gasteiger partial charge is 0.0445 e. The van der Waals surface area contributed by atoms with Crippen LogP contribution in [-0.2, 0) is 0 Å². The van der Waals surface area contributed by atoms with Crippen molar-refractivity contribution in [3.63, 3.8) is 0 Å². The van der Waals surface area contributed by atoms with Crippen LogP contribution in [0.4, 0.5) is 0 Å². The first-order valence-corrected chi connectivity index (χ1v) is 4.87. The highest BCUT2D eigenvalue weighted by Gasteiger charge is 2.21. The fourth-order valence-electron chi connectivity index (χ4n) is 2.00. The van der Waals surface area contributed by atoms with Gasteiger partial charge < -0.3 is 15.7 Å². The van der Waals surface area contributed by atoms with Gasteiger partial charge in [0, 0.05) is 12.6 Å². The zero-order valence-electron chi connectivity index (χ0n) is 7.84. The third kappa shape index (κ3) is 2.73. The molecule has 1 heterocycles. The van der Waals surface area contributed by atoms with E-state index in [0.717, 1.165) is 25.4 Å². The van der Waals surface area contributed by atoms with Gasteiger partial charge in [0.1, 0.15) is 0 Å². The van der Waals surface area contributed by atoms with Crippen LogP contribution in [0.2, 0.25) is 0 Å². The van der Waals surface area contributed by atoms with E-state index in [4.69, 9.17) is 5.11 Å². The molecule has 0 radical (unpaired) electrons. The quantitative estimate of drug-likeness (QED) is 0.557. The molecule has 1 saturated heterocycles. The Morgan fingerprint density at radius 2 is 2.17 bits per heavy atom. The molecule has 3 nitrogen and oxygen atoms in total. The maximum Gasteiger partial charge on any atom is 0.0445 e. The number of aliphatic hydroxyl groups excluding tert-OH is 1. The van der Waals surface area contributed by atoms with Crippen LogP contribution in [0.3, 0.4) is 0 Å². The van der Waals surface area contributed by atoms with E-state index >= 15 is 0 Å². The molecule has 0 spiro atoms. The SMILES string of the molecule is CNC(CCO)C1CCNCC1. The van der Waals surface area contributed by atoms with E-state index in [1.54, 1.807) is 0 Å². The maximum atomic E-state index is 8.84. The van der Waals surface area contributed by atoms with Crippen LogP contribution in [0.25, 0.3) is 0 Å². The minimum absolute atomic E-state index is 0.301. The normalized spacial score (nSPS) is 22.5. The highest BCUT2D eigenvalue weighted by molar-refractivity contribution is 4.79. The number of aliphatic hydroxyl groups is 1. The minimum Gasteiger partial charge on any atom is -0.396 e. The van der Waals surface area contributed by atoms with Crippen molar-refractivity contribution in [2.45, 2.75) is 25.3 Å². The fraction of sp³-hybridized carbons (Fsp3) is 1.00. The van der Waals surface area contributed by atoms with Crippen molar-refractivity contribution in [3.05, 3.63) is 0 Å². The van der Waals surface area contributed by atoms with Crippen molar-refractivity contribution in [1.82, 2.24) is 10.6 Å². The first kappa shape index (κ1) is 9.96. The number of nitrogens with one attached hydrogen (secondary N) is 2. The standard InChI is InChI=1S/C9H20N2O/c1-10-9(4-7-12)8-2-5-11-6-3-8/h8-12H,2-7H2,1H3. The second-order valence-corrected chi connectivity index (χ2v) is 3.49. The van der Waals surface area contributed by atoms with Crippen LogP contribution >= 0.6 is 0 Å². The van der Waals surface area contributed by atoms with Crippen molar-refractivity contribution in [3.8, 4) is 0 Å². The molecule has 1 unspecified atom stereocenters. The lowest BCUT2D eigenvalue weighted by molar-refractivity contribution is 0.218. The molecule has 3 N–H and O–H groups in total. The lowest BCUT2D eigenvalue weighted by Crippen LogP contribution is -2.40. The average molecular weight is 172 g/mol. The van der Waals surface area contributed by atoms with Gasteiger partial charge in [0.25, 0.3) is 0 Å². The summed E-state index contributed by atoms with van der Waals surface area (Å²) in [5.74, 6) is 0.753. The highest BCUT2D eigenvalue weighted by Crippen LogP contribution is 2.17. The Labute approximate surface area is 74.5 Å². The molecule has 0 amide bonds. The number of piperidine rings is 1. The van der Waals surface area contributed by atoms with Crippen LogP contribution in [0.1, 0.15) is 19.3 Å². The van der Waals surface area contributed by atoms with Gasteiger partial charge in [-0.1, -0.05) is 0 Å². The Morgan fingerprint density at radius 1 is 1.50 bits per heavy atom. The van der Waals surface area contributed by atoms with Gasteiger partial charge in [-0.05, 0) is 45.3 Å². The van der Waals surface area contributed by atoms with Gasteiger partial charge >= 0.3 is 0 Å². The summed E-state index contributed by atoms with van der Waals surface area (Å²) in [6.07, 6.45) is 3.37. The van der Waals surface area contributed by atoms with Crippen LogP contribution in [-0.4, -0.2) is 37.9 Å². The Kier molecular flexibility index (Phi) is 4.58. The van der Waals surface area contributed by atoms with E-state index in [1.165, 1.54) is 12.8 Å². The Hall–Kier alpha value is -0.120. The van der Waals surface area contributed by atoms with Gasteiger partial charge in [0.15, 0.2) is 0 Å². The molecule has 0 saturated carbocycles. The molecule has 3 heteroatoms. The first-order valence-electron chi connectivity index (χ1n) is 4.87. The molecule has 0 aromatic heterocycles. The second-order valence-electron chi connectivity index (χ2n) is 3.49. The van der Waals surface area contributed by atoms with Gasteiger partial charge in [0.05, 0.1) is 0 Å². The van der Waals surface area contributed by atoms with Gasteiger partial charge in [-0.3, -0.25) is 0 Å². The fourth-order valence-corrected chi connectivity index (χ4v) is 2.00. The predicted octanol–water partition coefficient (Wildman–Crippen LogP) is -0.0436. The second kappa shape index (κ2) is 5.51. The monoisotopic (exact) mass is 172 g/mol. The van der Waals surface area contributed by atoms with Crippen LogP contribution < -0.4 is 10.6 Å². The molecule has 0 aromatic rings. The summed E-state index contributed by atoms with van der Waals surface area (Å²) in [5, 5.41) is 15.5. The van der Waals surface area contributed by atoms with E-state index in [1.807, 2.05) is 7.05 Å². The van der Waals surface area contributed by atoms with Crippen molar-refractivity contribution in [2.75, 3.05) is 26.7 Å². The molecule has 0 bridgehead atoms. The van der Waals surface area contributed by atoms with Crippen LogP contribution in [0.5, 0.6) is 0 Å². The molecular formula is C9H20N2O. The number of rotatable bonds is 4. The van der Waals surface area contributed by atoms with Gasteiger partial charge in [0.2, 0.25) is 0 Å². The predicted molar refractivity (Wildman–Crippen MR) is 50.1 cm³/mol. The molecule has 1 fully saturated rings. The molecule has 1 aliphatic rings. The summed E-state index contributed by atoms with van der Waals surface area (Å²) in [4.78, 5) is 0. The van der Waals surface area contributed by atoms with E-state index in [9.17, 15) is 0 Å². The first-order chi connectivity index (χ1) is 5.88. The van der Waals surface area contributed by atoms with E-state index in [2.05, 4.69) is 10.6 Å². The lowest BCUT2D eigenvalue weighted by Gasteiger charge is -2.30. The Balaban J connectivity index is 2.29. The largest absolute Gasteiger partial charge is 0.396 e. The molecule has 0 aromatic carbocycles. The summed E-state index contributed by atoms with van der Waals surface area (Å²) in [5.41, 5.74) is 0. The topological polar surface area (TPSA) is 44.3 Å². The van der Waals surface area contributed by atoms with Gasteiger partial charge in [-0.2, -0.15) is 0 Å². The van der Waals surface area contributed by atoms with Crippen molar-refractivity contribution in [2.24, 2.45) is 5.92 Å². The lowest BCUT2D eigenvalue weighted by atomic mass is 9.89. The number of hydrogen-bond acceptors (Lipinski definition) is 3. The van der Waals surface area contributed by atoms with Gasteiger partial charge in [-0.25, -0.2) is 0 Å². The zero-order valence-corrected chi connectivity index (χ0v) is 7.84. The number of hydrogen-bond donors (Lipinski definition) is 3. The summed E-state index contributed by atoms with van der Waals surface area (Å²) >= 11 is 0. The molecule has 12 heavy (non-hydrogen) atoms. The molecule has 1 rings (SSSR count). The molecular weight excluding hydrogens is 152 g/mol. The van der Waals surface area contributed by atoms with Crippen molar-refractivity contribution in [1.29, 1.82) is 0 Å². The van der Waals surface area contributed by atoms with Gasteiger partial charge in [-0.15, -0.1) is 0 Å². The summed E-state index contributed by atoms with van der Waals surface area (Å²) in [6.45, 7) is 2.57. The maximum absolute atomic E-state index is 8.84.